The molecule has 0 amide bonds. The number of nitrogens with zero attached hydrogens (tertiary/aromatic N) is 7. The molecule has 37 heavy (non-hydrogen) atoms. The molecule has 4 aliphatic rings. The zero-order valence-corrected chi connectivity index (χ0v) is 22.7. The summed E-state index contributed by atoms with van der Waals surface area (Å²) in [5.41, 5.74) is 1.47. The summed E-state index contributed by atoms with van der Waals surface area (Å²) in [4.78, 5) is 33.0. The third kappa shape index (κ3) is 4.54. The van der Waals surface area contributed by atoms with Crippen LogP contribution in [0.1, 0.15) is 63.1 Å². The average Bonchev–Trinajstić information content (AvgIpc) is 3.26. The third-order valence-electron chi connectivity index (χ3n) is 9.13. The Morgan fingerprint density at radius 1 is 0.892 bits per heavy atom. The zero-order chi connectivity index (χ0) is 25.6. The van der Waals surface area contributed by atoms with Crippen molar-refractivity contribution in [3.63, 3.8) is 0 Å². The molecule has 200 valence electrons. The SMILES string of the molecule is C[C@H]1CN(C)CCCN1c1cc(N2CCN(C)CC2)nc(-c2onc3c2CCC[C@@]32CCCCC2=O)n1. The Morgan fingerprint density at radius 2 is 1.68 bits per heavy atom. The molecule has 1 spiro atoms. The van der Waals surface area contributed by atoms with Crippen LogP contribution in [0.3, 0.4) is 0 Å². The van der Waals surface area contributed by atoms with Crippen molar-refractivity contribution in [1.82, 2.24) is 24.9 Å². The summed E-state index contributed by atoms with van der Waals surface area (Å²) in [6.45, 7) is 9.27. The Hall–Kier alpha value is -2.52. The first kappa shape index (κ1) is 24.8. The number of anilines is 2. The van der Waals surface area contributed by atoms with Crippen LogP contribution in [0, 0.1) is 0 Å². The fourth-order valence-electron chi connectivity index (χ4n) is 6.97. The summed E-state index contributed by atoms with van der Waals surface area (Å²) in [5.74, 6) is 3.55. The fraction of sp³-hybridized carbons (Fsp3) is 0.714. The summed E-state index contributed by atoms with van der Waals surface area (Å²) < 4.78 is 6.07. The molecule has 0 bridgehead atoms. The number of aromatic nitrogens is 3. The first-order valence-corrected chi connectivity index (χ1v) is 14.2. The Kier molecular flexibility index (Phi) is 6.69. The monoisotopic (exact) mass is 507 g/mol. The van der Waals surface area contributed by atoms with Gasteiger partial charge in [-0.05, 0) is 66.1 Å². The Labute approximate surface area is 220 Å². The van der Waals surface area contributed by atoms with Gasteiger partial charge in [-0.15, -0.1) is 0 Å². The van der Waals surface area contributed by atoms with Gasteiger partial charge in [0.05, 0.1) is 5.41 Å². The predicted octanol–water partition coefficient (Wildman–Crippen LogP) is 3.13. The maximum Gasteiger partial charge on any atom is 0.207 e. The highest BCUT2D eigenvalue weighted by molar-refractivity contribution is 5.91. The Bertz CT molecular complexity index is 1140. The fourth-order valence-corrected chi connectivity index (χ4v) is 6.97. The summed E-state index contributed by atoms with van der Waals surface area (Å²) >= 11 is 0. The molecule has 6 rings (SSSR count). The van der Waals surface area contributed by atoms with Crippen LogP contribution in [0.15, 0.2) is 10.6 Å². The second-order valence-corrected chi connectivity index (χ2v) is 11.8. The number of piperazine rings is 1. The van der Waals surface area contributed by atoms with E-state index in [9.17, 15) is 4.79 Å². The van der Waals surface area contributed by atoms with Crippen LogP contribution in [0.5, 0.6) is 0 Å². The minimum absolute atomic E-state index is 0.342. The van der Waals surface area contributed by atoms with Crippen LogP contribution < -0.4 is 9.80 Å². The number of ketones is 1. The van der Waals surface area contributed by atoms with E-state index >= 15 is 0 Å². The summed E-state index contributed by atoms with van der Waals surface area (Å²) in [5, 5.41) is 4.58. The van der Waals surface area contributed by atoms with Crippen LogP contribution in [0.4, 0.5) is 11.6 Å². The average molecular weight is 508 g/mol. The van der Waals surface area contributed by atoms with Crippen molar-refractivity contribution in [2.24, 2.45) is 0 Å². The third-order valence-corrected chi connectivity index (χ3v) is 9.13. The Balaban J connectivity index is 1.42. The highest BCUT2D eigenvalue weighted by atomic mass is 16.5. The molecule has 2 aliphatic carbocycles. The summed E-state index contributed by atoms with van der Waals surface area (Å²) in [6.07, 6.45) is 7.44. The van der Waals surface area contributed by atoms with Gasteiger partial charge in [0.15, 0.2) is 0 Å². The molecule has 0 unspecified atom stereocenters. The van der Waals surface area contributed by atoms with E-state index in [2.05, 4.69) is 51.8 Å². The lowest BCUT2D eigenvalue weighted by molar-refractivity contribution is -0.127. The number of hydrogen-bond donors (Lipinski definition) is 0. The standard InChI is InChI=1S/C28H41N7O2/c1-20-19-33(3)12-7-13-35(20)24-18-23(34-16-14-32(2)15-17-34)29-27(30-24)25-21-8-6-11-28(26(21)31-37-25)10-5-4-9-22(28)36/h18,20H,4-17,19H2,1-3H3/t20-,28+/m0/s1. The molecule has 0 N–H and O–H groups in total. The quantitative estimate of drug-likeness (QED) is 0.622. The van der Waals surface area contributed by atoms with Gasteiger partial charge in [-0.2, -0.15) is 0 Å². The molecule has 2 atom stereocenters. The van der Waals surface area contributed by atoms with Gasteiger partial charge in [0.1, 0.15) is 23.1 Å². The van der Waals surface area contributed by atoms with Crippen molar-refractivity contribution in [2.75, 3.05) is 69.7 Å². The molecule has 2 aromatic heterocycles. The summed E-state index contributed by atoms with van der Waals surface area (Å²) in [6, 6.07) is 2.52. The molecule has 9 nitrogen and oxygen atoms in total. The maximum atomic E-state index is 13.2. The van der Waals surface area contributed by atoms with Crippen molar-refractivity contribution in [2.45, 2.75) is 69.7 Å². The van der Waals surface area contributed by atoms with Crippen molar-refractivity contribution in [1.29, 1.82) is 0 Å². The highest BCUT2D eigenvalue weighted by Gasteiger charge is 2.48. The van der Waals surface area contributed by atoms with Crippen LogP contribution in [-0.4, -0.2) is 96.7 Å². The van der Waals surface area contributed by atoms with E-state index in [1.54, 1.807) is 0 Å². The van der Waals surface area contributed by atoms with Gasteiger partial charge in [0, 0.05) is 63.4 Å². The predicted molar refractivity (Wildman–Crippen MR) is 144 cm³/mol. The maximum absolute atomic E-state index is 13.2. The van der Waals surface area contributed by atoms with Crippen LogP contribution >= 0.6 is 0 Å². The lowest BCUT2D eigenvalue weighted by atomic mass is 9.64. The molecule has 2 saturated heterocycles. The van der Waals surface area contributed by atoms with Crippen LogP contribution in [0.2, 0.25) is 0 Å². The number of hydrogen-bond acceptors (Lipinski definition) is 9. The smallest absolute Gasteiger partial charge is 0.207 e. The van der Waals surface area contributed by atoms with E-state index in [0.29, 0.717) is 29.8 Å². The molecule has 1 saturated carbocycles. The van der Waals surface area contributed by atoms with E-state index in [1.807, 2.05) is 0 Å². The molecule has 0 radical (unpaired) electrons. The first-order chi connectivity index (χ1) is 17.9. The van der Waals surface area contributed by atoms with E-state index in [1.165, 1.54) is 0 Å². The molecular weight excluding hydrogens is 466 g/mol. The van der Waals surface area contributed by atoms with Gasteiger partial charge in [0.2, 0.25) is 11.6 Å². The van der Waals surface area contributed by atoms with Gasteiger partial charge >= 0.3 is 0 Å². The van der Waals surface area contributed by atoms with E-state index in [-0.39, 0.29) is 0 Å². The molecule has 3 fully saturated rings. The topological polar surface area (TPSA) is 81.8 Å². The van der Waals surface area contributed by atoms with Crippen molar-refractivity contribution in [3.8, 4) is 11.6 Å². The number of fused-ring (bicyclic) bond motifs is 2. The van der Waals surface area contributed by atoms with E-state index in [4.69, 9.17) is 14.5 Å². The highest BCUT2D eigenvalue weighted by Crippen LogP contribution is 2.47. The largest absolute Gasteiger partial charge is 0.354 e. The minimum atomic E-state index is -0.463. The number of carbonyl (C=O) groups excluding carboxylic acids is 1. The van der Waals surface area contributed by atoms with Crippen molar-refractivity contribution >= 4 is 17.4 Å². The van der Waals surface area contributed by atoms with Gasteiger partial charge in [-0.3, -0.25) is 4.79 Å². The molecule has 4 heterocycles. The molecule has 2 aliphatic heterocycles. The number of rotatable bonds is 3. The molecular formula is C28H41N7O2. The van der Waals surface area contributed by atoms with Crippen LogP contribution in [-0.2, 0) is 16.6 Å². The second-order valence-electron chi connectivity index (χ2n) is 11.8. The van der Waals surface area contributed by atoms with Gasteiger partial charge < -0.3 is 24.1 Å². The second kappa shape index (κ2) is 9.98. The normalized spacial score (nSPS) is 28.0. The lowest BCUT2D eigenvalue weighted by Gasteiger charge is -2.37. The van der Waals surface area contributed by atoms with E-state index < -0.39 is 5.41 Å². The van der Waals surface area contributed by atoms with E-state index in [0.717, 1.165) is 114 Å². The van der Waals surface area contributed by atoms with Crippen LogP contribution in [0.25, 0.3) is 11.6 Å². The molecule has 2 aromatic rings. The van der Waals surface area contributed by atoms with Gasteiger partial charge in [-0.25, -0.2) is 9.97 Å². The van der Waals surface area contributed by atoms with Crippen molar-refractivity contribution < 1.29 is 9.32 Å². The zero-order valence-electron chi connectivity index (χ0n) is 22.7. The molecule has 0 aromatic carbocycles. The minimum Gasteiger partial charge on any atom is -0.354 e. The number of likely N-dealkylation sites (N-methyl/N-ethyl adjacent to an activating group) is 2. The van der Waals surface area contributed by atoms with Gasteiger partial charge in [0.25, 0.3) is 0 Å². The van der Waals surface area contributed by atoms with Crippen molar-refractivity contribution in [3.05, 3.63) is 17.3 Å². The number of carbonyl (C=O) groups is 1. The van der Waals surface area contributed by atoms with Gasteiger partial charge in [-0.1, -0.05) is 11.6 Å². The lowest BCUT2D eigenvalue weighted by Crippen LogP contribution is -2.45. The first-order valence-electron chi connectivity index (χ1n) is 14.2. The number of Topliss-reactive ketones (excluding diaryl/α,β-unsaturated/α-hetero) is 1. The Morgan fingerprint density at radius 3 is 2.49 bits per heavy atom. The summed E-state index contributed by atoms with van der Waals surface area (Å²) in [7, 11) is 4.37. The molecule has 9 heteroatoms.